The predicted octanol–water partition coefficient (Wildman–Crippen LogP) is 4.70. The van der Waals surface area contributed by atoms with Crippen LogP contribution in [0.15, 0.2) is 54.6 Å². The summed E-state index contributed by atoms with van der Waals surface area (Å²) < 4.78 is 5.38. The summed E-state index contributed by atoms with van der Waals surface area (Å²) in [7, 11) is 0. The SMILES string of the molecule is CC(CCCCN)NC(=O)OCC(C)c1ccc(-c2ccccc2)cc1. The number of benzene rings is 2. The van der Waals surface area contributed by atoms with Gasteiger partial charge in [0.15, 0.2) is 0 Å². The maximum absolute atomic E-state index is 11.9. The maximum atomic E-state index is 11.9. The van der Waals surface area contributed by atoms with E-state index in [1.165, 1.54) is 11.1 Å². The van der Waals surface area contributed by atoms with Crippen LogP contribution in [0.25, 0.3) is 11.1 Å². The zero-order valence-corrected chi connectivity index (χ0v) is 15.8. The van der Waals surface area contributed by atoms with Gasteiger partial charge in [0.25, 0.3) is 0 Å². The van der Waals surface area contributed by atoms with E-state index in [0.29, 0.717) is 13.2 Å². The Labute approximate surface area is 156 Å². The number of carbonyl (C=O) groups excluding carboxylic acids is 1. The largest absolute Gasteiger partial charge is 0.449 e. The van der Waals surface area contributed by atoms with Crippen molar-refractivity contribution in [2.24, 2.45) is 5.73 Å². The molecule has 2 aromatic carbocycles. The number of amides is 1. The second-order valence-electron chi connectivity index (χ2n) is 6.82. The highest BCUT2D eigenvalue weighted by Crippen LogP contribution is 2.22. The van der Waals surface area contributed by atoms with Crippen LogP contribution in [-0.4, -0.2) is 25.3 Å². The van der Waals surface area contributed by atoms with Gasteiger partial charge in [0.05, 0.1) is 6.61 Å². The van der Waals surface area contributed by atoms with Gasteiger partial charge in [-0.2, -0.15) is 0 Å². The zero-order valence-electron chi connectivity index (χ0n) is 15.8. The van der Waals surface area contributed by atoms with Gasteiger partial charge in [0.2, 0.25) is 0 Å². The first kappa shape index (κ1) is 20.0. The van der Waals surface area contributed by atoms with Gasteiger partial charge in [-0.15, -0.1) is 0 Å². The number of ether oxygens (including phenoxy) is 1. The summed E-state index contributed by atoms with van der Waals surface area (Å²) in [6.07, 6.45) is 2.57. The number of unbranched alkanes of at least 4 members (excludes halogenated alkanes) is 1. The average molecular weight is 354 g/mol. The molecule has 0 aliphatic heterocycles. The van der Waals surface area contributed by atoms with E-state index in [-0.39, 0.29) is 18.1 Å². The summed E-state index contributed by atoms with van der Waals surface area (Å²) in [5, 5.41) is 2.87. The molecule has 0 fully saturated rings. The van der Waals surface area contributed by atoms with Gasteiger partial charge in [-0.1, -0.05) is 67.9 Å². The van der Waals surface area contributed by atoms with Crippen LogP contribution in [-0.2, 0) is 4.74 Å². The van der Waals surface area contributed by atoms with Crippen LogP contribution < -0.4 is 11.1 Å². The van der Waals surface area contributed by atoms with Crippen molar-refractivity contribution >= 4 is 6.09 Å². The summed E-state index contributed by atoms with van der Waals surface area (Å²) in [4.78, 5) is 11.9. The molecule has 140 valence electrons. The van der Waals surface area contributed by atoms with Gasteiger partial charge < -0.3 is 15.8 Å². The van der Waals surface area contributed by atoms with Crippen molar-refractivity contribution in [1.29, 1.82) is 0 Å². The lowest BCUT2D eigenvalue weighted by atomic mass is 9.98. The molecule has 1 amide bonds. The van der Waals surface area contributed by atoms with Crippen molar-refractivity contribution in [1.82, 2.24) is 5.32 Å². The Kier molecular flexibility index (Phi) is 8.16. The van der Waals surface area contributed by atoms with Crippen molar-refractivity contribution in [2.45, 2.75) is 45.1 Å². The Balaban J connectivity index is 1.78. The second kappa shape index (κ2) is 10.6. The molecule has 0 saturated carbocycles. The number of hydrogen-bond donors (Lipinski definition) is 2. The molecule has 4 nitrogen and oxygen atoms in total. The Morgan fingerprint density at radius 2 is 1.65 bits per heavy atom. The first-order valence-corrected chi connectivity index (χ1v) is 9.39. The van der Waals surface area contributed by atoms with Crippen LogP contribution in [0, 0.1) is 0 Å². The number of nitrogens with two attached hydrogens (primary N) is 1. The quantitative estimate of drug-likeness (QED) is 0.642. The van der Waals surface area contributed by atoms with Crippen molar-refractivity contribution in [2.75, 3.05) is 13.2 Å². The Hall–Kier alpha value is -2.33. The van der Waals surface area contributed by atoms with Gasteiger partial charge in [0, 0.05) is 12.0 Å². The first-order chi connectivity index (χ1) is 12.6. The fraction of sp³-hybridized carbons (Fsp3) is 0.409. The number of nitrogens with one attached hydrogen (secondary N) is 1. The Bertz CT molecular complexity index is 656. The predicted molar refractivity (Wildman–Crippen MR) is 107 cm³/mol. The second-order valence-corrected chi connectivity index (χ2v) is 6.82. The van der Waals surface area contributed by atoms with E-state index >= 15 is 0 Å². The number of hydrogen-bond acceptors (Lipinski definition) is 3. The van der Waals surface area contributed by atoms with E-state index in [1.54, 1.807) is 0 Å². The van der Waals surface area contributed by atoms with E-state index in [0.717, 1.165) is 24.8 Å². The van der Waals surface area contributed by atoms with E-state index in [2.05, 4.69) is 48.6 Å². The van der Waals surface area contributed by atoms with Crippen LogP contribution in [0.2, 0.25) is 0 Å². The van der Waals surface area contributed by atoms with Crippen LogP contribution >= 0.6 is 0 Å². The molecule has 3 N–H and O–H groups in total. The van der Waals surface area contributed by atoms with Crippen molar-refractivity contribution in [3.63, 3.8) is 0 Å². The molecule has 0 heterocycles. The zero-order chi connectivity index (χ0) is 18.8. The lowest BCUT2D eigenvalue weighted by molar-refractivity contribution is 0.137. The summed E-state index contributed by atoms with van der Waals surface area (Å²) >= 11 is 0. The highest BCUT2D eigenvalue weighted by molar-refractivity contribution is 5.67. The third-order valence-corrected chi connectivity index (χ3v) is 4.51. The van der Waals surface area contributed by atoms with Crippen LogP contribution in [0.5, 0.6) is 0 Å². The summed E-state index contributed by atoms with van der Waals surface area (Å²) in [5.41, 5.74) is 9.03. The molecule has 0 aromatic heterocycles. The van der Waals surface area contributed by atoms with Gasteiger partial charge in [-0.05, 0) is 43.0 Å². The molecule has 2 atom stereocenters. The van der Waals surface area contributed by atoms with Gasteiger partial charge in [-0.3, -0.25) is 0 Å². The smallest absolute Gasteiger partial charge is 0.407 e. The Morgan fingerprint density at radius 1 is 1.00 bits per heavy atom. The summed E-state index contributed by atoms with van der Waals surface area (Å²) in [5.74, 6) is 0.151. The molecule has 0 radical (unpaired) electrons. The van der Waals surface area contributed by atoms with Crippen LogP contribution in [0.4, 0.5) is 4.79 Å². The molecule has 2 rings (SSSR count). The molecular formula is C22H30N2O2. The van der Waals surface area contributed by atoms with Crippen molar-refractivity contribution in [3.8, 4) is 11.1 Å². The van der Waals surface area contributed by atoms with Crippen LogP contribution in [0.3, 0.4) is 0 Å². The molecule has 0 bridgehead atoms. The average Bonchev–Trinajstić information content (AvgIpc) is 2.67. The van der Waals surface area contributed by atoms with Crippen LogP contribution in [0.1, 0.15) is 44.6 Å². The minimum absolute atomic E-state index is 0.106. The monoisotopic (exact) mass is 354 g/mol. The molecule has 0 aliphatic rings. The van der Waals surface area contributed by atoms with Crippen molar-refractivity contribution < 1.29 is 9.53 Å². The molecule has 0 saturated heterocycles. The molecule has 2 aromatic rings. The third kappa shape index (κ3) is 6.52. The molecule has 26 heavy (non-hydrogen) atoms. The fourth-order valence-electron chi connectivity index (χ4n) is 2.84. The lowest BCUT2D eigenvalue weighted by Gasteiger charge is -2.16. The van der Waals surface area contributed by atoms with E-state index in [9.17, 15) is 4.79 Å². The minimum atomic E-state index is -0.349. The highest BCUT2D eigenvalue weighted by atomic mass is 16.5. The normalized spacial score (nSPS) is 13.0. The van der Waals surface area contributed by atoms with Gasteiger partial charge >= 0.3 is 6.09 Å². The highest BCUT2D eigenvalue weighted by Gasteiger charge is 2.12. The van der Waals surface area contributed by atoms with E-state index in [1.807, 2.05) is 25.1 Å². The molecule has 0 aliphatic carbocycles. The third-order valence-electron chi connectivity index (χ3n) is 4.51. The number of alkyl carbamates (subject to hydrolysis) is 1. The number of rotatable bonds is 9. The van der Waals surface area contributed by atoms with Gasteiger partial charge in [0.1, 0.15) is 0 Å². The molecular weight excluding hydrogens is 324 g/mol. The minimum Gasteiger partial charge on any atom is -0.449 e. The molecule has 0 spiro atoms. The van der Waals surface area contributed by atoms with E-state index < -0.39 is 0 Å². The first-order valence-electron chi connectivity index (χ1n) is 9.39. The summed E-state index contributed by atoms with van der Waals surface area (Å²) in [6, 6.07) is 18.8. The van der Waals surface area contributed by atoms with Gasteiger partial charge in [-0.25, -0.2) is 4.79 Å². The van der Waals surface area contributed by atoms with E-state index in [4.69, 9.17) is 10.5 Å². The topological polar surface area (TPSA) is 64.3 Å². The maximum Gasteiger partial charge on any atom is 0.407 e. The Morgan fingerprint density at radius 3 is 2.31 bits per heavy atom. The summed E-state index contributed by atoms with van der Waals surface area (Å²) in [6.45, 7) is 5.11. The standard InChI is InChI=1S/C22H30N2O2/c1-17(16-26-22(25)24-18(2)8-6-7-15-23)19-11-13-21(14-12-19)20-9-4-3-5-10-20/h3-5,9-14,17-18H,6-8,15-16,23H2,1-2H3,(H,24,25). The molecule has 4 heteroatoms. The molecule has 2 unspecified atom stereocenters. The lowest BCUT2D eigenvalue weighted by Crippen LogP contribution is -2.33. The number of carbonyl (C=O) groups is 1. The fourth-order valence-corrected chi connectivity index (χ4v) is 2.84. The van der Waals surface area contributed by atoms with Crippen molar-refractivity contribution in [3.05, 3.63) is 60.2 Å².